The summed E-state index contributed by atoms with van der Waals surface area (Å²) >= 11 is 1.50. The van der Waals surface area contributed by atoms with Crippen molar-refractivity contribution in [2.45, 2.75) is 58.7 Å². The number of nitrogens with one attached hydrogen (secondary N) is 1. The number of hydrogen-bond acceptors (Lipinski definition) is 5. The monoisotopic (exact) mass is 541 g/mol. The molecule has 0 aromatic carbocycles. The van der Waals surface area contributed by atoms with E-state index in [9.17, 15) is 18.3 Å². The van der Waals surface area contributed by atoms with Gasteiger partial charge < -0.3 is 10.4 Å². The highest BCUT2D eigenvalue weighted by atomic mass is 32.1. The molecule has 0 fully saturated rings. The summed E-state index contributed by atoms with van der Waals surface area (Å²) in [6.07, 6.45) is 14.5. The number of aromatic nitrogens is 1. The maximum absolute atomic E-state index is 12.9. The quantitative estimate of drug-likeness (QED) is 0.129. The van der Waals surface area contributed by atoms with Crippen molar-refractivity contribution in [3.8, 4) is 11.8 Å². The molecule has 1 aliphatic carbocycles. The molecule has 1 heterocycles. The number of anilines is 1. The maximum Gasteiger partial charge on any atom is 0.416 e. The molecular formula is C30H34F3N3OS. The second kappa shape index (κ2) is 15.8. The first kappa shape index (κ1) is 30.8. The molecular weight excluding hydrogens is 507 g/mol. The van der Waals surface area contributed by atoms with Gasteiger partial charge in [0.25, 0.3) is 0 Å². The normalized spacial score (nSPS) is 15.7. The van der Waals surface area contributed by atoms with Gasteiger partial charge in [-0.05, 0) is 70.7 Å². The van der Waals surface area contributed by atoms with Gasteiger partial charge in [0.05, 0.1) is 10.5 Å². The Morgan fingerprint density at radius 3 is 2.84 bits per heavy atom. The minimum Gasteiger partial charge on any atom is -0.381 e. The molecule has 0 radical (unpaired) electrons. The Labute approximate surface area is 227 Å². The molecule has 1 aromatic rings. The van der Waals surface area contributed by atoms with Crippen molar-refractivity contribution >= 4 is 28.8 Å². The zero-order valence-electron chi connectivity index (χ0n) is 22.0. The fraction of sp³-hybridized carbons (Fsp3) is 0.333. The summed E-state index contributed by atoms with van der Waals surface area (Å²) in [7, 11) is 0. The second-order valence-corrected chi connectivity index (χ2v) is 9.58. The van der Waals surface area contributed by atoms with E-state index >= 15 is 0 Å². The Morgan fingerprint density at radius 1 is 1.37 bits per heavy atom. The number of halogens is 3. The third-order valence-electron chi connectivity index (χ3n) is 5.39. The molecule has 1 atom stereocenters. The van der Waals surface area contributed by atoms with E-state index in [2.05, 4.69) is 39.9 Å². The van der Waals surface area contributed by atoms with Crippen LogP contribution in [0.1, 0.15) is 57.0 Å². The molecule has 1 aromatic heterocycles. The van der Waals surface area contributed by atoms with E-state index < -0.39 is 17.9 Å². The number of allylic oxidation sites excluding steroid dienone is 13. The van der Waals surface area contributed by atoms with Crippen LogP contribution < -0.4 is 5.32 Å². The van der Waals surface area contributed by atoms with Crippen LogP contribution in [0.5, 0.6) is 0 Å². The van der Waals surface area contributed by atoms with Gasteiger partial charge in [0.1, 0.15) is 11.8 Å². The van der Waals surface area contributed by atoms with Crippen LogP contribution in [-0.2, 0) is 0 Å². The summed E-state index contributed by atoms with van der Waals surface area (Å²) < 4.78 is 38.7. The summed E-state index contributed by atoms with van der Waals surface area (Å²) in [5.41, 5.74) is 3.07. The van der Waals surface area contributed by atoms with E-state index in [-0.39, 0.29) is 0 Å². The van der Waals surface area contributed by atoms with Gasteiger partial charge >= 0.3 is 6.18 Å². The van der Waals surface area contributed by atoms with Gasteiger partial charge in [0.2, 0.25) is 0 Å². The second-order valence-electron chi connectivity index (χ2n) is 8.58. The van der Waals surface area contributed by atoms with Crippen LogP contribution in [0, 0.1) is 11.8 Å². The van der Waals surface area contributed by atoms with Crippen LogP contribution in [0.15, 0.2) is 82.6 Å². The Morgan fingerprint density at radius 2 is 2.16 bits per heavy atom. The number of aliphatic imine (C=N–C) groups is 1. The molecule has 2 rings (SSSR count). The number of thiazole rings is 1. The molecule has 0 saturated carbocycles. The minimum atomic E-state index is -4.33. The number of nitrogens with zero attached hydrogens (tertiary/aromatic N) is 2. The molecule has 202 valence electrons. The van der Waals surface area contributed by atoms with E-state index in [4.69, 9.17) is 0 Å². The zero-order valence-corrected chi connectivity index (χ0v) is 22.8. The topological polar surface area (TPSA) is 57.5 Å². The van der Waals surface area contributed by atoms with Crippen LogP contribution in [0.4, 0.5) is 18.3 Å². The third kappa shape index (κ3) is 10.9. The first-order valence-electron chi connectivity index (χ1n) is 12.3. The highest BCUT2D eigenvalue weighted by Crippen LogP contribution is 2.32. The van der Waals surface area contributed by atoms with Gasteiger partial charge in [-0.1, -0.05) is 77.0 Å². The van der Waals surface area contributed by atoms with Crippen molar-refractivity contribution in [2.24, 2.45) is 4.99 Å². The largest absolute Gasteiger partial charge is 0.416 e. The van der Waals surface area contributed by atoms with Crippen molar-refractivity contribution in [2.75, 3.05) is 11.9 Å². The molecule has 0 bridgehead atoms. The van der Waals surface area contributed by atoms with Gasteiger partial charge in [-0.3, -0.25) is 4.99 Å². The molecule has 1 aliphatic rings. The molecule has 1 unspecified atom stereocenters. The molecule has 0 spiro atoms. The summed E-state index contributed by atoms with van der Waals surface area (Å²) in [6.45, 7) is 9.61. The molecule has 0 amide bonds. The number of aliphatic hydroxyl groups excluding tert-OH is 1. The molecule has 38 heavy (non-hydrogen) atoms. The molecule has 0 aliphatic heterocycles. The third-order valence-corrected chi connectivity index (χ3v) is 6.48. The van der Waals surface area contributed by atoms with Crippen LogP contribution in [0.2, 0.25) is 0 Å². The lowest BCUT2D eigenvalue weighted by atomic mass is 10.1. The molecule has 8 heteroatoms. The SMILES string of the molecule is C=N/C=C\C=C(/C)C=CC/C(=C\C)c1sc(NCCCC2=CC=C(C(F)(F)F)C=CC2)nc1C#CC(C)O. The molecule has 4 nitrogen and oxygen atoms in total. The molecule has 0 saturated heterocycles. The van der Waals surface area contributed by atoms with Crippen LogP contribution in [0.3, 0.4) is 0 Å². The smallest absolute Gasteiger partial charge is 0.381 e. The van der Waals surface area contributed by atoms with Gasteiger partial charge in [-0.25, -0.2) is 4.98 Å². The van der Waals surface area contributed by atoms with Crippen LogP contribution in [-0.4, -0.2) is 35.6 Å². The lowest BCUT2D eigenvalue weighted by Crippen LogP contribution is -2.09. The predicted molar refractivity (Wildman–Crippen MR) is 154 cm³/mol. The first-order valence-corrected chi connectivity index (χ1v) is 13.1. The van der Waals surface area contributed by atoms with Gasteiger partial charge in [0.15, 0.2) is 5.13 Å². The van der Waals surface area contributed by atoms with Crippen molar-refractivity contribution in [1.82, 2.24) is 4.98 Å². The van der Waals surface area contributed by atoms with E-state index in [1.54, 1.807) is 25.3 Å². The Kier molecular flexibility index (Phi) is 12.8. The van der Waals surface area contributed by atoms with Crippen LogP contribution in [0.25, 0.3) is 5.57 Å². The Balaban J connectivity index is 2.07. The van der Waals surface area contributed by atoms with E-state index in [0.717, 1.165) is 40.2 Å². The predicted octanol–water partition coefficient (Wildman–Crippen LogP) is 7.95. The van der Waals surface area contributed by atoms with E-state index in [0.29, 0.717) is 36.6 Å². The first-order chi connectivity index (χ1) is 18.1. The lowest BCUT2D eigenvalue weighted by molar-refractivity contribution is -0.0881. The maximum atomic E-state index is 12.9. The minimum absolute atomic E-state index is 0.505. The summed E-state index contributed by atoms with van der Waals surface area (Å²) in [5.74, 6) is 5.76. The number of aliphatic hydroxyl groups is 1. The molecule has 2 N–H and O–H groups in total. The summed E-state index contributed by atoms with van der Waals surface area (Å²) in [4.78, 5) is 9.26. The highest BCUT2D eigenvalue weighted by Gasteiger charge is 2.31. The number of alkyl halides is 3. The van der Waals surface area contributed by atoms with Crippen molar-refractivity contribution in [1.29, 1.82) is 0 Å². The number of hydrogen-bond donors (Lipinski definition) is 2. The van der Waals surface area contributed by atoms with Gasteiger partial charge in [-0.2, -0.15) is 13.2 Å². The fourth-order valence-corrected chi connectivity index (χ4v) is 4.48. The highest BCUT2D eigenvalue weighted by molar-refractivity contribution is 7.16. The average Bonchev–Trinajstić information content (AvgIpc) is 3.09. The van der Waals surface area contributed by atoms with E-state index in [1.807, 2.05) is 38.2 Å². The summed E-state index contributed by atoms with van der Waals surface area (Å²) in [6, 6.07) is 0. The fourth-order valence-electron chi connectivity index (χ4n) is 3.45. The van der Waals surface area contributed by atoms with Crippen molar-refractivity contribution < 1.29 is 18.3 Å². The summed E-state index contributed by atoms with van der Waals surface area (Å²) in [5, 5.41) is 13.7. The zero-order chi connectivity index (χ0) is 28.0. The Bertz CT molecular complexity index is 1230. The van der Waals surface area contributed by atoms with E-state index in [1.165, 1.54) is 11.3 Å². The van der Waals surface area contributed by atoms with Crippen molar-refractivity contribution in [3.05, 3.63) is 88.2 Å². The standard InChI is InChI=1S/C30H34F3N3OS/c1-5-25(14-6-10-22(2)11-8-20-34-4)28-27(19-16-23(3)37)36-29(38-28)35-21-9-13-24-12-7-15-26(18-17-24)30(31,32)33/h5-8,10-11,15,17-18,20,23,37H,4,9,12-14,21H2,1-3H3,(H,35,36)/b10-6?,20-8-,22-11+,25-5+. The van der Waals surface area contributed by atoms with Crippen LogP contribution >= 0.6 is 11.3 Å². The lowest BCUT2D eigenvalue weighted by Gasteiger charge is -2.05. The Hall–Kier alpha value is -3.41. The van der Waals surface area contributed by atoms with Gasteiger partial charge in [0, 0.05) is 12.7 Å². The number of rotatable bonds is 11. The van der Waals surface area contributed by atoms with Crippen molar-refractivity contribution in [3.63, 3.8) is 0 Å². The average molecular weight is 542 g/mol. The van der Waals surface area contributed by atoms with Gasteiger partial charge in [-0.15, -0.1) is 0 Å².